The molecule has 1 saturated heterocycles. The number of ether oxygens (including phenoxy) is 1. The van der Waals surface area contributed by atoms with Crippen molar-refractivity contribution in [3.8, 4) is 0 Å². The maximum Gasteiger partial charge on any atom is 0.328 e. The molecule has 230 valence electrons. The molecule has 1 aliphatic heterocycles. The second-order valence-corrected chi connectivity index (χ2v) is 12.0. The van der Waals surface area contributed by atoms with Crippen molar-refractivity contribution in [2.45, 2.75) is 90.6 Å². The Labute approximate surface area is 247 Å². The summed E-state index contributed by atoms with van der Waals surface area (Å²) >= 11 is 0. The fourth-order valence-corrected chi connectivity index (χ4v) is 5.30. The van der Waals surface area contributed by atoms with E-state index in [1.54, 1.807) is 24.4 Å². The van der Waals surface area contributed by atoms with Gasteiger partial charge in [-0.1, -0.05) is 45.9 Å². The number of methoxy groups -OCH3 is 1. The van der Waals surface area contributed by atoms with Gasteiger partial charge in [0.2, 0.25) is 5.91 Å². The highest BCUT2D eigenvalue weighted by Gasteiger charge is 2.35. The summed E-state index contributed by atoms with van der Waals surface area (Å²) < 4.78 is 4.86. The van der Waals surface area contributed by atoms with Crippen LogP contribution in [0, 0.1) is 11.8 Å². The monoisotopic (exact) mass is 583 g/mol. The molecule has 11 heteroatoms. The van der Waals surface area contributed by atoms with Crippen LogP contribution in [0.2, 0.25) is 0 Å². The first-order valence-corrected chi connectivity index (χ1v) is 14.7. The number of hydrogen-bond acceptors (Lipinski definition) is 7. The number of amides is 4. The first-order chi connectivity index (χ1) is 19.9. The molecule has 3 rings (SSSR count). The molecule has 0 unspecified atom stereocenters. The maximum absolute atomic E-state index is 13.5. The van der Waals surface area contributed by atoms with Crippen molar-refractivity contribution < 1.29 is 29.0 Å². The normalized spacial score (nSPS) is 20.5. The van der Waals surface area contributed by atoms with Gasteiger partial charge in [0, 0.05) is 17.6 Å². The smallest absolute Gasteiger partial charge is 0.328 e. The number of fused-ring (bicyclic) bond motifs is 1. The average Bonchev–Trinajstić information content (AvgIpc) is 3.08. The van der Waals surface area contributed by atoms with Crippen molar-refractivity contribution in [3.05, 3.63) is 42.1 Å². The standard InChI is InChI=1S/C31H45N5O6/c1-18(2)15-24(34-28(38)22-11-7-9-21-10-8-14-32-27(21)22)29(39)33-23-13-12-20(5)36(17-26(23)37)31(41)35-25(16-19(3)4)30(40)42-6/h7-11,14,18-20,23-26,37H,12-13,15-17H2,1-6H3,(H,33,39)(H,34,38)(H,35,41)/t20-,23+,24+,25+,26+/m1/s1. The maximum atomic E-state index is 13.5. The number of hydrogen-bond donors (Lipinski definition) is 4. The van der Waals surface area contributed by atoms with Crippen LogP contribution in [0.5, 0.6) is 0 Å². The number of urea groups is 1. The number of benzene rings is 1. The predicted molar refractivity (Wildman–Crippen MR) is 160 cm³/mol. The second-order valence-electron chi connectivity index (χ2n) is 12.0. The lowest BCUT2D eigenvalue weighted by atomic mass is 10.00. The third kappa shape index (κ3) is 8.64. The Morgan fingerprint density at radius 2 is 1.67 bits per heavy atom. The third-order valence-electron chi connectivity index (χ3n) is 7.56. The van der Waals surface area contributed by atoms with Crippen LogP contribution in [0.15, 0.2) is 36.5 Å². The largest absolute Gasteiger partial charge is 0.467 e. The third-order valence-corrected chi connectivity index (χ3v) is 7.56. The van der Waals surface area contributed by atoms with Gasteiger partial charge in [0.05, 0.1) is 36.9 Å². The minimum atomic E-state index is -1.05. The average molecular weight is 584 g/mol. The Kier molecular flexibility index (Phi) is 11.7. The summed E-state index contributed by atoms with van der Waals surface area (Å²) in [7, 11) is 1.28. The van der Waals surface area contributed by atoms with Crippen molar-refractivity contribution in [2.24, 2.45) is 11.8 Å². The molecule has 1 fully saturated rings. The van der Waals surface area contributed by atoms with Gasteiger partial charge >= 0.3 is 12.0 Å². The fraction of sp³-hybridized carbons (Fsp3) is 0.581. The van der Waals surface area contributed by atoms with Gasteiger partial charge in [-0.15, -0.1) is 0 Å². The van der Waals surface area contributed by atoms with Gasteiger partial charge in [0.1, 0.15) is 12.1 Å². The summed E-state index contributed by atoms with van der Waals surface area (Å²) in [6, 6.07) is 6.01. The van der Waals surface area contributed by atoms with Crippen LogP contribution in [0.4, 0.5) is 4.79 Å². The molecule has 4 N–H and O–H groups in total. The number of rotatable bonds is 10. The molecule has 4 amide bonds. The highest BCUT2D eigenvalue weighted by atomic mass is 16.5. The molecule has 0 aliphatic carbocycles. The van der Waals surface area contributed by atoms with Crippen LogP contribution in [-0.2, 0) is 14.3 Å². The summed E-state index contributed by atoms with van der Waals surface area (Å²) in [5.41, 5.74) is 0.929. The molecule has 42 heavy (non-hydrogen) atoms. The van der Waals surface area contributed by atoms with Crippen LogP contribution in [0.3, 0.4) is 0 Å². The van der Waals surface area contributed by atoms with Crippen molar-refractivity contribution in [1.29, 1.82) is 0 Å². The van der Waals surface area contributed by atoms with E-state index in [0.29, 0.717) is 36.8 Å². The minimum absolute atomic E-state index is 0.0314. The van der Waals surface area contributed by atoms with Crippen molar-refractivity contribution >= 4 is 34.7 Å². The van der Waals surface area contributed by atoms with Crippen LogP contribution in [-0.4, -0.2) is 82.7 Å². The highest BCUT2D eigenvalue weighted by Crippen LogP contribution is 2.20. The molecule has 0 bridgehead atoms. The summed E-state index contributed by atoms with van der Waals surface area (Å²) in [6.07, 6.45) is 2.33. The van der Waals surface area contributed by atoms with Crippen LogP contribution in [0.25, 0.3) is 10.9 Å². The number of pyridine rings is 1. The summed E-state index contributed by atoms with van der Waals surface area (Å²) in [4.78, 5) is 58.0. The molecule has 5 atom stereocenters. The number of aromatic nitrogens is 1. The van der Waals surface area contributed by atoms with Gasteiger partial charge in [-0.2, -0.15) is 0 Å². The summed E-state index contributed by atoms with van der Waals surface area (Å²) in [5, 5.41) is 20.5. The quantitative estimate of drug-likeness (QED) is 0.314. The van der Waals surface area contributed by atoms with E-state index in [-0.39, 0.29) is 24.4 Å². The molecule has 2 aromatic rings. The zero-order chi connectivity index (χ0) is 31.0. The van der Waals surface area contributed by atoms with E-state index < -0.39 is 48.0 Å². The van der Waals surface area contributed by atoms with Crippen molar-refractivity contribution in [2.75, 3.05) is 13.7 Å². The number of nitrogens with zero attached hydrogens (tertiary/aromatic N) is 2. The van der Waals surface area contributed by atoms with E-state index in [2.05, 4.69) is 20.9 Å². The minimum Gasteiger partial charge on any atom is -0.467 e. The first-order valence-electron chi connectivity index (χ1n) is 14.7. The Hall–Kier alpha value is -3.73. The van der Waals surface area contributed by atoms with Gasteiger partial charge in [-0.05, 0) is 56.6 Å². The number of nitrogens with one attached hydrogen (secondary N) is 3. The van der Waals surface area contributed by atoms with Gasteiger partial charge in [-0.25, -0.2) is 9.59 Å². The lowest BCUT2D eigenvalue weighted by Gasteiger charge is -2.31. The molecule has 11 nitrogen and oxygen atoms in total. The van der Waals surface area contributed by atoms with Crippen molar-refractivity contribution in [3.63, 3.8) is 0 Å². The Morgan fingerprint density at radius 3 is 2.33 bits per heavy atom. The Bertz CT molecular complexity index is 1250. The molecule has 1 aromatic heterocycles. The number of carbonyl (C=O) groups excluding carboxylic acids is 4. The molecule has 1 aliphatic rings. The number of likely N-dealkylation sites (tertiary alicyclic amines) is 1. The lowest BCUT2D eigenvalue weighted by Crippen LogP contribution is -2.55. The van der Waals surface area contributed by atoms with Gasteiger partial charge in [0.15, 0.2) is 0 Å². The Balaban J connectivity index is 1.70. The number of aliphatic hydroxyl groups excluding tert-OH is 1. The predicted octanol–water partition coefficient (Wildman–Crippen LogP) is 3.01. The molecule has 0 saturated carbocycles. The molecule has 0 spiro atoms. The molecular weight excluding hydrogens is 538 g/mol. The Morgan fingerprint density at radius 1 is 1.00 bits per heavy atom. The van der Waals surface area contributed by atoms with Gasteiger partial charge < -0.3 is 30.7 Å². The van der Waals surface area contributed by atoms with Crippen LogP contribution < -0.4 is 16.0 Å². The van der Waals surface area contributed by atoms with Crippen LogP contribution >= 0.6 is 0 Å². The molecule has 0 radical (unpaired) electrons. The number of aliphatic hydroxyl groups is 1. The second kappa shape index (κ2) is 14.9. The number of β-amino-alcohol motifs (C(OH)–C–C–N with tert-alkyl or cyclic N) is 1. The van der Waals surface area contributed by atoms with E-state index in [9.17, 15) is 24.3 Å². The zero-order valence-corrected chi connectivity index (χ0v) is 25.4. The molecule has 2 heterocycles. The zero-order valence-electron chi connectivity index (χ0n) is 25.4. The number of esters is 1. The lowest BCUT2D eigenvalue weighted by molar-refractivity contribution is -0.143. The first kappa shape index (κ1) is 32.8. The van der Waals surface area contributed by atoms with Crippen LogP contribution in [0.1, 0.15) is 70.7 Å². The van der Waals surface area contributed by atoms with Gasteiger partial charge in [0.25, 0.3) is 5.91 Å². The summed E-state index contributed by atoms with van der Waals surface area (Å²) in [5.74, 6) is -1.07. The number of carbonyl (C=O) groups is 4. The SMILES string of the molecule is COC(=O)[C@H](CC(C)C)NC(=O)N1C[C@H](O)[C@@H](NC(=O)[C@H](CC(C)C)NC(=O)c2cccc3cccnc23)CC[C@H]1C. The highest BCUT2D eigenvalue weighted by molar-refractivity contribution is 6.06. The fourth-order valence-electron chi connectivity index (χ4n) is 5.30. The van der Waals surface area contributed by atoms with E-state index in [4.69, 9.17) is 4.74 Å². The van der Waals surface area contributed by atoms with Crippen molar-refractivity contribution in [1.82, 2.24) is 25.8 Å². The molecule has 1 aromatic carbocycles. The number of para-hydroxylation sites is 1. The van der Waals surface area contributed by atoms with E-state index in [1.807, 2.05) is 46.8 Å². The van der Waals surface area contributed by atoms with E-state index >= 15 is 0 Å². The van der Waals surface area contributed by atoms with E-state index in [1.165, 1.54) is 12.0 Å². The topological polar surface area (TPSA) is 150 Å². The molecular formula is C31H45N5O6. The summed E-state index contributed by atoms with van der Waals surface area (Å²) in [6.45, 7) is 9.66. The van der Waals surface area contributed by atoms with Gasteiger partial charge in [-0.3, -0.25) is 14.6 Å². The van der Waals surface area contributed by atoms with E-state index in [0.717, 1.165) is 5.39 Å².